The summed E-state index contributed by atoms with van der Waals surface area (Å²) in [7, 11) is 0. The van der Waals surface area contributed by atoms with E-state index in [1.807, 2.05) is 0 Å². The summed E-state index contributed by atoms with van der Waals surface area (Å²) in [5, 5.41) is 0. The molecule has 2 heteroatoms. The van der Waals surface area contributed by atoms with E-state index in [9.17, 15) is 0 Å². The second kappa shape index (κ2) is 18.3. The van der Waals surface area contributed by atoms with E-state index in [1.54, 1.807) is 0 Å². The molecule has 1 saturated carbocycles. The summed E-state index contributed by atoms with van der Waals surface area (Å²) < 4.78 is 11.9. The minimum atomic E-state index is 0.827. The molecule has 1 aliphatic carbocycles. The fourth-order valence-electron chi connectivity index (χ4n) is 5.11. The molecule has 32 heavy (non-hydrogen) atoms. The fraction of sp³-hybridized carbons (Fsp3) is 0.800. The SMILES string of the molecule is CCCCCCCCOc1ccc(OCCCC2CCC(CCCCCCC)CC2)cc1. The Hall–Kier alpha value is -1.18. The zero-order valence-corrected chi connectivity index (χ0v) is 21.4. The molecule has 0 N–H and O–H groups in total. The van der Waals surface area contributed by atoms with Gasteiger partial charge in [-0.25, -0.2) is 0 Å². The number of ether oxygens (including phenoxy) is 2. The first-order valence-electron chi connectivity index (χ1n) is 14.2. The average Bonchev–Trinajstić information content (AvgIpc) is 2.83. The molecular weight excluding hydrogens is 392 g/mol. The van der Waals surface area contributed by atoms with Crippen LogP contribution in [0.3, 0.4) is 0 Å². The lowest BCUT2D eigenvalue weighted by molar-refractivity contribution is 0.228. The maximum atomic E-state index is 5.98. The minimum absolute atomic E-state index is 0.827. The molecular formula is C30H52O2. The van der Waals surface area contributed by atoms with Gasteiger partial charge in [0.05, 0.1) is 13.2 Å². The minimum Gasteiger partial charge on any atom is -0.494 e. The van der Waals surface area contributed by atoms with Crippen molar-refractivity contribution in [3.8, 4) is 11.5 Å². The summed E-state index contributed by atoms with van der Waals surface area (Å²) in [6.07, 6.45) is 24.8. The summed E-state index contributed by atoms with van der Waals surface area (Å²) >= 11 is 0. The fourth-order valence-corrected chi connectivity index (χ4v) is 5.11. The average molecular weight is 445 g/mol. The molecule has 2 rings (SSSR count). The summed E-state index contributed by atoms with van der Waals surface area (Å²) in [5.74, 6) is 3.90. The lowest BCUT2D eigenvalue weighted by Crippen LogP contribution is -2.15. The van der Waals surface area contributed by atoms with E-state index in [-0.39, 0.29) is 0 Å². The molecule has 1 aromatic carbocycles. The van der Waals surface area contributed by atoms with Crippen LogP contribution >= 0.6 is 0 Å². The van der Waals surface area contributed by atoms with E-state index in [0.717, 1.165) is 43.0 Å². The van der Waals surface area contributed by atoms with Crippen LogP contribution in [0.4, 0.5) is 0 Å². The van der Waals surface area contributed by atoms with E-state index in [4.69, 9.17) is 9.47 Å². The Kier molecular flexibility index (Phi) is 15.5. The molecule has 2 nitrogen and oxygen atoms in total. The number of hydrogen-bond acceptors (Lipinski definition) is 2. The third kappa shape index (κ3) is 12.8. The van der Waals surface area contributed by atoms with Crippen LogP contribution in [-0.2, 0) is 0 Å². The Morgan fingerprint density at radius 2 is 0.938 bits per heavy atom. The van der Waals surface area contributed by atoms with Crippen LogP contribution < -0.4 is 9.47 Å². The Bertz CT molecular complexity index is 530. The van der Waals surface area contributed by atoms with Crippen molar-refractivity contribution in [3.05, 3.63) is 24.3 Å². The Labute approximate surface area is 199 Å². The second-order valence-electron chi connectivity index (χ2n) is 10.2. The van der Waals surface area contributed by atoms with Crippen LogP contribution in [0, 0.1) is 11.8 Å². The second-order valence-corrected chi connectivity index (χ2v) is 10.2. The summed E-state index contributed by atoms with van der Waals surface area (Å²) in [6.45, 7) is 6.23. The summed E-state index contributed by atoms with van der Waals surface area (Å²) in [4.78, 5) is 0. The smallest absolute Gasteiger partial charge is 0.119 e. The number of hydrogen-bond donors (Lipinski definition) is 0. The van der Waals surface area contributed by atoms with Gasteiger partial charge in [-0.3, -0.25) is 0 Å². The molecule has 0 heterocycles. The standard InChI is InChI=1S/C30H52O2/c1-3-5-7-9-11-13-25-31-29-21-23-30(24-22-29)32-26-14-16-28-19-17-27(18-20-28)15-12-10-8-6-4-2/h21-24,27-28H,3-20,25-26H2,1-2H3. The van der Waals surface area contributed by atoms with Crippen molar-refractivity contribution in [2.45, 2.75) is 129 Å². The quantitative estimate of drug-likeness (QED) is 0.198. The third-order valence-electron chi connectivity index (χ3n) is 7.30. The van der Waals surface area contributed by atoms with E-state index < -0.39 is 0 Å². The van der Waals surface area contributed by atoms with Gasteiger partial charge in [0, 0.05) is 0 Å². The molecule has 1 fully saturated rings. The zero-order valence-electron chi connectivity index (χ0n) is 21.4. The number of benzene rings is 1. The molecule has 0 amide bonds. The molecule has 0 unspecified atom stereocenters. The van der Waals surface area contributed by atoms with Crippen molar-refractivity contribution in [2.24, 2.45) is 11.8 Å². The number of unbranched alkanes of at least 4 members (excludes halogenated alkanes) is 9. The topological polar surface area (TPSA) is 18.5 Å². The first kappa shape index (κ1) is 27.1. The van der Waals surface area contributed by atoms with Gasteiger partial charge in [0.2, 0.25) is 0 Å². The highest BCUT2D eigenvalue weighted by Gasteiger charge is 2.20. The summed E-state index contributed by atoms with van der Waals surface area (Å²) in [5.41, 5.74) is 0. The van der Waals surface area contributed by atoms with Crippen molar-refractivity contribution >= 4 is 0 Å². The first-order valence-corrected chi connectivity index (χ1v) is 14.2. The van der Waals surface area contributed by atoms with Gasteiger partial charge in [0.1, 0.15) is 11.5 Å². The van der Waals surface area contributed by atoms with Crippen LogP contribution in [0.25, 0.3) is 0 Å². The maximum absolute atomic E-state index is 5.98. The van der Waals surface area contributed by atoms with Crippen LogP contribution in [0.15, 0.2) is 24.3 Å². The van der Waals surface area contributed by atoms with E-state index in [1.165, 1.54) is 109 Å². The van der Waals surface area contributed by atoms with Crippen molar-refractivity contribution < 1.29 is 9.47 Å². The van der Waals surface area contributed by atoms with Crippen LogP contribution in [0.2, 0.25) is 0 Å². The molecule has 1 aromatic rings. The van der Waals surface area contributed by atoms with Crippen LogP contribution in [-0.4, -0.2) is 13.2 Å². The van der Waals surface area contributed by atoms with Crippen molar-refractivity contribution in [3.63, 3.8) is 0 Å². The van der Waals surface area contributed by atoms with Gasteiger partial charge >= 0.3 is 0 Å². The first-order chi connectivity index (χ1) is 15.8. The summed E-state index contributed by atoms with van der Waals surface area (Å²) in [6, 6.07) is 8.22. The Morgan fingerprint density at radius 1 is 0.531 bits per heavy atom. The van der Waals surface area contributed by atoms with Gasteiger partial charge in [0.25, 0.3) is 0 Å². The molecule has 184 valence electrons. The molecule has 0 spiro atoms. The lowest BCUT2D eigenvalue weighted by Gasteiger charge is -2.28. The predicted octanol–water partition coefficient (Wildman–Crippen LogP) is 9.75. The highest BCUT2D eigenvalue weighted by Crippen LogP contribution is 2.34. The highest BCUT2D eigenvalue weighted by atomic mass is 16.5. The van der Waals surface area contributed by atoms with Gasteiger partial charge in [-0.15, -0.1) is 0 Å². The molecule has 0 atom stereocenters. The number of rotatable bonds is 19. The molecule has 0 aromatic heterocycles. The molecule has 0 saturated heterocycles. The van der Waals surface area contributed by atoms with E-state index in [0.29, 0.717) is 0 Å². The molecule has 1 aliphatic rings. The molecule has 0 radical (unpaired) electrons. The van der Waals surface area contributed by atoms with E-state index in [2.05, 4.69) is 38.1 Å². The molecule has 0 aliphatic heterocycles. The van der Waals surface area contributed by atoms with E-state index >= 15 is 0 Å². The van der Waals surface area contributed by atoms with Crippen molar-refractivity contribution in [1.29, 1.82) is 0 Å². The highest BCUT2D eigenvalue weighted by molar-refractivity contribution is 5.31. The Balaban J connectivity index is 1.45. The van der Waals surface area contributed by atoms with Crippen LogP contribution in [0.1, 0.15) is 129 Å². The lowest BCUT2D eigenvalue weighted by atomic mass is 9.78. The van der Waals surface area contributed by atoms with Crippen molar-refractivity contribution in [2.75, 3.05) is 13.2 Å². The monoisotopic (exact) mass is 444 g/mol. The largest absolute Gasteiger partial charge is 0.494 e. The third-order valence-corrected chi connectivity index (χ3v) is 7.30. The predicted molar refractivity (Wildman–Crippen MR) is 139 cm³/mol. The Morgan fingerprint density at radius 3 is 1.47 bits per heavy atom. The van der Waals surface area contributed by atoms with Gasteiger partial charge < -0.3 is 9.47 Å². The van der Waals surface area contributed by atoms with Gasteiger partial charge in [0.15, 0.2) is 0 Å². The van der Waals surface area contributed by atoms with Crippen molar-refractivity contribution in [1.82, 2.24) is 0 Å². The van der Waals surface area contributed by atoms with Gasteiger partial charge in [-0.1, -0.05) is 110 Å². The maximum Gasteiger partial charge on any atom is 0.119 e. The zero-order chi connectivity index (χ0) is 22.7. The van der Waals surface area contributed by atoms with Gasteiger partial charge in [-0.05, 0) is 55.4 Å². The van der Waals surface area contributed by atoms with Gasteiger partial charge in [-0.2, -0.15) is 0 Å². The van der Waals surface area contributed by atoms with Crippen LogP contribution in [0.5, 0.6) is 11.5 Å². The molecule has 0 bridgehead atoms. The normalized spacial score (nSPS) is 18.6.